The highest BCUT2D eigenvalue weighted by molar-refractivity contribution is 5.49. The molecule has 2 heterocycles. The van der Waals surface area contributed by atoms with Crippen LogP contribution in [0.1, 0.15) is 37.4 Å². The quantitative estimate of drug-likeness (QED) is 0.522. The Morgan fingerprint density at radius 2 is 2.05 bits per heavy atom. The van der Waals surface area contributed by atoms with Crippen LogP contribution in [0.25, 0.3) is 0 Å². The standard InChI is InChI=1S/C14H23N5O2/c15-18-12-9-13(17-14(16-12)10-1-2-10)19-5-3-11(4-6-19)21-8-7-20/h9-11,20H,1-8,15H2,(H,16,17,18). The van der Waals surface area contributed by atoms with E-state index in [2.05, 4.69) is 15.3 Å². The number of piperidine rings is 1. The number of rotatable bonds is 6. The van der Waals surface area contributed by atoms with Gasteiger partial charge in [0, 0.05) is 25.1 Å². The summed E-state index contributed by atoms with van der Waals surface area (Å²) in [6.45, 7) is 2.32. The molecule has 3 rings (SSSR count). The molecule has 7 heteroatoms. The summed E-state index contributed by atoms with van der Waals surface area (Å²) in [6.07, 6.45) is 4.49. The average molecular weight is 293 g/mol. The average Bonchev–Trinajstić information content (AvgIpc) is 3.38. The largest absolute Gasteiger partial charge is 0.394 e. The Morgan fingerprint density at radius 3 is 2.67 bits per heavy atom. The zero-order valence-electron chi connectivity index (χ0n) is 12.2. The number of nitrogens with zero attached hydrogens (tertiary/aromatic N) is 3. The van der Waals surface area contributed by atoms with Crippen LogP contribution < -0.4 is 16.2 Å². The van der Waals surface area contributed by atoms with Crippen molar-refractivity contribution in [3.63, 3.8) is 0 Å². The van der Waals surface area contributed by atoms with E-state index in [0.717, 1.165) is 37.6 Å². The number of hydrogen-bond acceptors (Lipinski definition) is 7. The first kappa shape index (κ1) is 14.5. The van der Waals surface area contributed by atoms with Crippen LogP contribution in [0.2, 0.25) is 0 Å². The molecule has 2 fully saturated rings. The molecule has 7 nitrogen and oxygen atoms in total. The van der Waals surface area contributed by atoms with E-state index in [1.54, 1.807) is 0 Å². The molecule has 0 atom stereocenters. The maximum absolute atomic E-state index is 8.80. The number of nitrogens with two attached hydrogens (primary N) is 1. The van der Waals surface area contributed by atoms with Crippen LogP contribution in [-0.2, 0) is 4.74 Å². The number of anilines is 2. The highest BCUT2D eigenvalue weighted by Gasteiger charge is 2.28. The number of hydrazine groups is 1. The van der Waals surface area contributed by atoms with Crippen molar-refractivity contribution in [3.05, 3.63) is 11.9 Å². The number of nitrogen functional groups attached to an aromatic ring is 1. The molecule has 0 unspecified atom stereocenters. The molecule has 1 aliphatic heterocycles. The van der Waals surface area contributed by atoms with Crippen LogP contribution in [0.5, 0.6) is 0 Å². The van der Waals surface area contributed by atoms with Crippen LogP contribution in [0.15, 0.2) is 6.07 Å². The van der Waals surface area contributed by atoms with Gasteiger partial charge in [0.1, 0.15) is 17.5 Å². The van der Waals surface area contributed by atoms with E-state index in [1.165, 1.54) is 12.8 Å². The topological polar surface area (TPSA) is 96.5 Å². The molecule has 1 aliphatic carbocycles. The van der Waals surface area contributed by atoms with Gasteiger partial charge in [-0.15, -0.1) is 0 Å². The molecular weight excluding hydrogens is 270 g/mol. The van der Waals surface area contributed by atoms with Crippen molar-refractivity contribution in [2.24, 2.45) is 5.84 Å². The van der Waals surface area contributed by atoms with Crippen molar-refractivity contribution in [1.82, 2.24) is 9.97 Å². The van der Waals surface area contributed by atoms with E-state index >= 15 is 0 Å². The number of aliphatic hydroxyl groups is 1. The van der Waals surface area contributed by atoms with Crippen molar-refractivity contribution in [3.8, 4) is 0 Å². The summed E-state index contributed by atoms with van der Waals surface area (Å²) in [4.78, 5) is 11.4. The maximum atomic E-state index is 8.80. The van der Waals surface area contributed by atoms with Gasteiger partial charge in [-0.1, -0.05) is 0 Å². The summed E-state index contributed by atoms with van der Waals surface area (Å²) in [5.74, 6) is 8.54. The van der Waals surface area contributed by atoms with Crippen LogP contribution in [0.4, 0.5) is 11.6 Å². The van der Waals surface area contributed by atoms with Crippen molar-refractivity contribution in [2.45, 2.75) is 37.7 Å². The molecule has 1 saturated carbocycles. The van der Waals surface area contributed by atoms with E-state index in [9.17, 15) is 0 Å². The Kier molecular flexibility index (Phi) is 4.52. The Hall–Kier alpha value is -1.44. The molecule has 0 spiro atoms. The van der Waals surface area contributed by atoms with E-state index in [-0.39, 0.29) is 12.7 Å². The molecule has 2 aliphatic rings. The second kappa shape index (κ2) is 6.55. The maximum Gasteiger partial charge on any atom is 0.145 e. The summed E-state index contributed by atoms with van der Waals surface area (Å²) in [5.41, 5.74) is 2.64. The fourth-order valence-corrected chi connectivity index (χ4v) is 2.68. The zero-order valence-corrected chi connectivity index (χ0v) is 12.2. The van der Waals surface area contributed by atoms with Gasteiger partial charge in [-0.2, -0.15) is 0 Å². The molecule has 116 valence electrons. The lowest BCUT2D eigenvalue weighted by molar-refractivity contribution is 0.0158. The van der Waals surface area contributed by atoms with Crippen LogP contribution in [0.3, 0.4) is 0 Å². The second-order valence-corrected chi connectivity index (χ2v) is 5.67. The van der Waals surface area contributed by atoms with Crippen molar-refractivity contribution >= 4 is 11.6 Å². The van der Waals surface area contributed by atoms with Crippen molar-refractivity contribution in [2.75, 3.05) is 36.6 Å². The highest BCUT2D eigenvalue weighted by atomic mass is 16.5. The molecule has 0 aromatic carbocycles. The summed E-state index contributed by atoms with van der Waals surface area (Å²) in [6, 6.07) is 1.90. The van der Waals surface area contributed by atoms with Crippen LogP contribution >= 0.6 is 0 Å². The summed E-state index contributed by atoms with van der Waals surface area (Å²) < 4.78 is 5.59. The zero-order chi connectivity index (χ0) is 14.7. The van der Waals surface area contributed by atoms with Gasteiger partial charge in [0.15, 0.2) is 0 Å². The first-order valence-corrected chi connectivity index (χ1v) is 7.63. The van der Waals surface area contributed by atoms with Gasteiger partial charge in [-0.3, -0.25) is 0 Å². The van der Waals surface area contributed by atoms with E-state index in [0.29, 0.717) is 18.3 Å². The fourth-order valence-electron chi connectivity index (χ4n) is 2.68. The number of aromatic nitrogens is 2. The van der Waals surface area contributed by atoms with Crippen molar-refractivity contribution in [1.29, 1.82) is 0 Å². The molecule has 4 N–H and O–H groups in total. The lowest BCUT2D eigenvalue weighted by atomic mass is 10.1. The first-order chi connectivity index (χ1) is 10.3. The SMILES string of the molecule is NNc1cc(N2CCC(OCCO)CC2)nc(C2CC2)n1. The van der Waals surface area contributed by atoms with E-state index in [1.807, 2.05) is 6.07 Å². The van der Waals surface area contributed by atoms with Crippen molar-refractivity contribution < 1.29 is 9.84 Å². The minimum atomic E-state index is 0.0857. The Labute approximate surface area is 124 Å². The Bertz CT molecular complexity index is 472. The minimum Gasteiger partial charge on any atom is -0.394 e. The molecule has 0 radical (unpaired) electrons. The normalized spacial score (nSPS) is 19.8. The van der Waals surface area contributed by atoms with Crippen LogP contribution in [-0.4, -0.2) is 47.5 Å². The molecule has 21 heavy (non-hydrogen) atoms. The van der Waals surface area contributed by atoms with Gasteiger partial charge in [-0.05, 0) is 25.7 Å². The third kappa shape index (κ3) is 3.61. The van der Waals surface area contributed by atoms with Gasteiger partial charge in [0.05, 0.1) is 19.3 Å². The van der Waals surface area contributed by atoms with Gasteiger partial charge >= 0.3 is 0 Å². The molecule has 1 aromatic heterocycles. The summed E-state index contributed by atoms with van der Waals surface area (Å²) in [7, 11) is 0. The molecule has 1 aromatic rings. The highest BCUT2D eigenvalue weighted by Crippen LogP contribution is 2.39. The van der Waals surface area contributed by atoms with E-state index in [4.69, 9.17) is 20.7 Å². The lowest BCUT2D eigenvalue weighted by Gasteiger charge is -2.32. The third-order valence-corrected chi connectivity index (χ3v) is 4.03. The predicted octanol–water partition coefficient (Wildman–Crippen LogP) is 0.617. The van der Waals surface area contributed by atoms with Gasteiger partial charge in [0.2, 0.25) is 0 Å². The fraction of sp³-hybridized carbons (Fsp3) is 0.714. The van der Waals surface area contributed by atoms with E-state index < -0.39 is 0 Å². The summed E-state index contributed by atoms with van der Waals surface area (Å²) in [5, 5.41) is 8.80. The van der Waals surface area contributed by atoms with Gasteiger partial charge in [-0.25, -0.2) is 15.8 Å². The number of hydrogen-bond donors (Lipinski definition) is 3. The predicted molar refractivity (Wildman–Crippen MR) is 80.1 cm³/mol. The lowest BCUT2D eigenvalue weighted by Crippen LogP contribution is -2.38. The monoisotopic (exact) mass is 293 g/mol. The molecule has 0 amide bonds. The Balaban J connectivity index is 1.65. The molecule has 1 saturated heterocycles. The first-order valence-electron chi connectivity index (χ1n) is 7.63. The number of nitrogens with one attached hydrogen (secondary N) is 1. The summed E-state index contributed by atoms with van der Waals surface area (Å²) >= 11 is 0. The number of ether oxygens (including phenoxy) is 1. The molecular formula is C14H23N5O2. The smallest absolute Gasteiger partial charge is 0.145 e. The number of aliphatic hydroxyl groups excluding tert-OH is 1. The molecule has 0 bridgehead atoms. The Morgan fingerprint density at radius 1 is 1.29 bits per heavy atom. The third-order valence-electron chi connectivity index (χ3n) is 4.03. The van der Waals surface area contributed by atoms with Gasteiger partial charge in [0.25, 0.3) is 0 Å². The van der Waals surface area contributed by atoms with Gasteiger partial charge < -0.3 is 20.2 Å². The minimum absolute atomic E-state index is 0.0857. The van der Waals surface area contributed by atoms with Crippen LogP contribution in [0, 0.1) is 0 Å². The second-order valence-electron chi connectivity index (χ2n) is 5.67.